The standard InChI is InChI=1S/C7H4BrN3OS/c8-5-1-9-11(2-5)6-4-13-7(3-12)10-6/h1-4H. The van der Waals surface area contributed by atoms with E-state index in [4.69, 9.17) is 0 Å². The number of hydrogen-bond donors (Lipinski definition) is 0. The van der Waals surface area contributed by atoms with Crippen LogP contribution in [-0.2, 0) is 0 Å². The first-order chi connectivity index (χ1) is 6.29. The van der Waals surface area contributed by atoms with Gasteiger partial charge in [0.25, 0.3) is 0 Å². The Labute approximate surface area is 86.3 Å². The lowest BCUT2D eigenvalue weighted by Gasteiger charge is -1.91. The summed E-state index contributed by atoms with van der Waals surface area (Å²) in [5.41, 5.74) is 0. The molecule has 0 aliphatic carbocycles. The average Bonchev–Trinajstić information content (AvgIpc) is 2.71. The number of rotatable bonds is 2. The van der Waals surface area contributed by atoms with E-state index in [1.807, 2.05) is 0 Å². The molecule has 0 unspecified atom stereocenters. The number of aldehydes is 1. The van der Waals surface area contributed by atoms with Crippen molar-refractivity contribution in [3.63, 3.8) is 0 Å². The average molecular weight is 258 g/mol. The molecule has 0 radical (unpaired) electrons. The van der Waals surface area contributed by atoms with Crippen LogP contribution in [0.1, 0.15) is 9.80 Å². The second-order valence-electron chi connectivity index (χ2n) is 2.26. The normalized spacial score (nSPS) is 10.2. The quantitative estimate of drug-likeness (QED) is 0.773. The molecule has 4 nitrogen and oxygen atoms in total. The molecular formula is C7H4BrN3OS. The van der Waals surface area contributed by atoms with Crippen molar-refractivity contribution in [2.75, 3.05) is 0 Å². The van der Waals surface area contributed by atoms with E-state index < -0.39 is 0 Å². The van der Waals surface area contributed by atoms with Gasteiger partial charge < -0.3 is 0 Å². The lowest BCUT2D eigenvalue weighted by atomic mass is 10.7. The van der Waals surface area contributed by atoms with E-state index in [9.17, 15) is 4.79 Å². The third-order valence-corrected chi connectivity index (χ3v) is 2.56. The van der Waals surface area contributed by atoms with Crippen molar-refractivity contribution in [2.24, 2.45) is 0 Å². The lowest BCUT2D eigenvalue weighted by Crippen LogP contribution is -1.94. The summed E-state index contributed by atoms with van der Waals surface area (Å²) in [6, 6.07) is 0. The predicted molar refractivity (Wildman–Crippen MR) is 52.3 cm³/mol. The molecule has 0 aliphatic heterocycles. The van der Waals surface area contributed by atoms with E-state index in [0.29, 0.717) is 10.8 Å². The molecule has 2 aromatic rings. The Hall–Kier alpha value is -1.01. The van der Waals surface area contributed by atoms with Gasteiger partial charge in [0.1, 0.15) is 0 Å². The van der Waals surface area contributed by atoms with Crippen LogP contribution in [0.4, 0.5) is 0 Å². The van der Waals surface area contributed by atoms with Gasteiger partial charge in [0.2, 0.25) is 0 Å². The van der Waals surface area contributed by atoms with Gasteiger partial charge in [-0.2, -0.15) is 5.10 Å². The summed E-state index contributed by atoms with van der Waals surface area (Å²) in [6.45, 7) is 0. The van der Waals surface area contributed by atoms with Crippen LogP contribution in [0.25, 0.3) is 5.82 Å². The van der Waals surface area contributed by atoms with Gasteiger partial charge in [-0.1, -0.05) is 0 Å². The van der Waals surface area contributed by atoms with E-state index in [0.717, 1.165) is 10.8 Å². The third-order valence-electron chi connectivity index (χ3n) is 1.40. The molecule has 0 bridgehead atoms. The van der Waals surface area contributed by atoms with Crippen LogP contribution in [0.5, 0.6) is 0 Å². The van der Waals surface area contributed by atoms with Crippen LogP contribution < -0.4 is 0 Å². The molecule has 0 N–H and O–H groups in total. The number of halogens is 1. The van der Waals surface area contributed by atoms with E-state index >= 15 is 0 Å². The van der Waals surface area contributed by atoms with Crippen LogP contribution in [-0.4, -0.2) is 21.1 Å². The Bertz CT molecular complexity index is 436. The van der Waals surface area contributed by atoms with E-state index in [-0.39, 0.29) is 0 Å². The van der Waals surface area contributed by atoms with Crippen molar-refractivity contribution in [1.29, 1.82) is 0 Å². The lowest BCUT2D eigenvalue weighted by molar-refractivity contribution is 0.112. The summed E-state index contributed by atoms with van der Waals surface area (Å²) in [4.78, 5) is 14.4. The molecule has 6 heteroatoms. The highest BCUT2D eigenvalue weighted by Crippen LogP contribution is 2.14. The Morgan fingerprint density at radius 2 is 2.46 bits per heavy atom. The smallest absolute Gasteiger partial charge is 0.178 e. The van der Waals surface area contributed by atoms with Crippen LogP contribution in [0.2, 0.25) is 0 Å². The first kappa shape index (κ1) is 8.58. The van der Waals surface area contributed by atoms with Gasteiger partial charge in [0.05, 0.1) is 10.7 Å². The van der Waals surface area contributed by atoms with Gasteiger partial charge in [-0.05, 0) is 15.9 Å². The van der Waals surface area contributed by atoms with Gasteiger partial charge in [0, 0.05) is 11.6 Å². The number of thiazole rings is 1. The Morgan fingerprint density at radius 3 is 3.00 bits per heavy atom. The Morgan fingerprint density at radius 1 is 1.62 bits per heavy atom. The van der Waals surface area contributed by atoms with Crippen molar-refractivity contribution in [1.82, 2.24) is 14.8 Å². The zero-order chi connectivity index (χ0) is 9.26. The maximum atomic E-state index is 10.4. The van der Waals surface area contributed by atoms with Crippen LogP contribution >= 0.6 is 27.3 Å². The maximum Gasteiger partial charge on any atom is 0.178 e. The number of carbonyl (C=O) groups excluding carboxylic acids is 1. The first-order valence-electron chi connectivity index (χ1n) is 3.41. The molecule has 0 saturated heterocycles. The van der Waals surface area contributed by atoms with E-state index in [1.165, 1.54) is 11.3 Å². The third kappa shape index (κ3) is 1.68. The first-order valence-corrected chi connectivity index (χ1v) is 5.08. The molecule has 13 heavy (non-hydrogen) atoms. The van der Waals surface area contributed by atoms with Crippen LogP contribution in [0.3, 0.4) is 0 Å². The summed E-state index contributed by atoms with van der Waals surface area (Å²) >= 11 is 4.57. The fraction of sp³-hybridized carbons (Fsp3) is 0. The van der Waals surface area contributed by atoms with Gasteiger partial charge >= 0.3 is 0 Å². The van der Waals surface area contributed by atoms with Gasteiger partial charge in [-0.25, -0.2) is 9.67 Å². The largest absolute Gasteiger partial charge is 0.295 e. The van der Waals surface area contributed by atoms with E-state index in [2.05, 4.69) is 26.0 Å². The zero-order valence-electron chi connectivity index (χ0n) is 6.35. The number of nitrogens with zero attached hydrogens (tertiary/aromatic N) is 3. The SMILES string of the molecule is O=Cc1nc(-n2cc(Br)cn2)cs1. The molecular weight excluding hydrogens is 254 g/mol. The molecule has 2 rings (SSSR count). The highest BCUT2D eigenvalue weighted by molar-refractivity contribution is 9.10. The number of hydrogen-bond acceptors (Lipinski definition) is 4. The Balaban J connectivity index is 2.40. The van der Waals surface area contributed by atoms with Crippen molar-refractivity contribution in [3.05, 3.63) is 27.3 Å². The molecule has 2 heterocycles. The summed E-state index contributed by atoms with van der Waals surface area (Å²) in [5.74, 6) is 0.665. The highest BCUT2D eigenvalue weighted by atomic mass is 79.9. The fourth-order valence-electron chi connectivity index (χ4n) is 0.864. The van der Waals surface area contributed by atoms with Gasteiger partial charge in [0.15, 0.2) is 17.1 Å². The summed E-state index contributed by atoms with van der Waals surface area (Å²) in [5, 5.41) is 6.27. The summed E-state index contributed by atoms with van der Waals surface area (Å²) in [6.07, 6.45) is 4.18. The minimum atomic E-state index is 0.460. The molecule has 0 atom stereocenters. The number of aromatic nitrogens is 3. The second-order valence-corrected chi connectivity index (χ2v) is 4.07. The number of carbonyl (C=O) groups is 1. The van der Waals surface area contributed by atoms with Crippen molar-refractivity contribution in [2.45, 2.75) is 0 Å². The minimum Gasteiger partial charge on any atom is -0.295 e. The Kier molecular flexibility index (Phi) is 2.24. The van der Waals surface area contributed by atoms with Gasteiger partial charge in [-0.15, -0.1) is 11.3 Å². The summed E-state index contributed by atoms with van der Waals surface area (Å²) < 4.78 is 2.49. The molecule has 0 spiro atoms. The molecule has 0 fully saturated rings. The maximum absolute atomic E-state index is 10.4. The van der Waals surface area contributed by atoms with Crippen molar-refractivity contribution in [3.8, 4) is 5.82 Å². The molecule has 0 amide bonds. The highest BCUT2D eigenvalue weighted by Gasteiger charge is 2.03. The van der Waals surface area contributed by atoms with Gasteiger partial charge in [-0.3, -0.25) is 4.79 Å². The van der Waals surface area contributed by atoms with E-state index in [1.54, 1.807) is 22.5 Å². The monoisotopic (exact) mass is 257 g/mol. The van der Waals surface area contributed by atoms with Crippen molar-refractivity contribution >= 4 is 33.6 Å². The fourth-order valence-corrected chi connectivity index (χ4v) is 1.74. The zero-order valence-corrected chi connectivity index (χ0v) is 8.75. The summed E-state index contributed by atoms with van der Waals surface area (Å²) in [7, 11) is 0. The molecule has 0 aliphatic rings. The minimum absolute atomic E-state index is 0.460. The van der Waals surface area contributed by atoms with Crippen LogP contribution in [0.15, 0.2) is 22.2 Å². The molecule has 66 valence electrons. The predicted octanol–water partition coefficient (Wildman–Crippen LogP) is 1.90. The molecule has 0 aromatic carbocycles. The second kappa shape index (κ2) is 3.39. The van der Waals surface area contributed by atoms with Crippen molar-refractivity contribution < 1.29 is 4.79 Å². The topological polar surface area (TPSA) is 47.8 Å². The molecule has 0 saturated carbocycles. The molecule has 2 aromatic heterocycles. The van der Waals surface area contributed by atoms with Crippen LogP contribution in [0, 0.1) is 0 Å².